The number of amides is 2. The van der Waals surface area contributed by atoms with Crippen LogP contribution in [0.5, 0.6) is 0 Å². The summed E-state index contributed by atoms with van der Waals surface area (Å²) in [5.74, 6) is -0.0950. The summed E-state index contributed by atoms with van der Waals surface area (Å²) in [7, 11) is 0. The molecule has 1 aliphatic heterocycles. The lowest BCUT2D eigenvalue weighted by molar-refractivity contribution is 0.252. The fraction of sp³-hybridized carbons (Fsp3) is 0.389. The van der Waals surface area contributed by atoms with Gasteiger partial charge in [0, 0.05) is 49.7 Å². The molecular weight excluding hydrogens is 354 g/mol. The molecule has 1 saturated heterocycles. The van der Waals surface area contributed by atoms with Crippen LogP contribution in [0.2, 0.25) is 0 Å². The van der Waals surface area contributed by atoms with Gasteiger partial charge in [0.1, 0.15) is 17.5 Å². The van der Waals surface area contributed by atoms with Crippen LogP contribution in [0, 0.1) is 18.6 Å². The highest BCUT2D eigenvalue weighted by atomic mass is 19.1. The Morgan fingerprint density at radius 3 is 2.48 bits per heavy atom. The first kappa shape index (κ1) is 18.8. The summed E-state index contributed by atoms with van der Waals surface area (Å²) < 4.78 is 26.2. The Morgan fingerprint density at radius 1 is 1.07 bits per heavy atom. The predicted molar refractivity (Wildman–Crippen MR) is 100 cm³/mol. The summed E-state index contributed by atoms with van der Waals surface area (Å²) >= 11 is 0. The maximum Gasteiger partial charge on any atom is 0.319 e. The van der Waals surface area contributed by atoms with Crippen molar-refractivity contribution >= 4 is 23.5 Å². The zero-order chi connectivity index (χ0) is 19.2. The first-order valence-corrected chi connectivity index (χ1v) is 8.85. The zero-order valence-corrected chi connectivity index (χ0v) is 15.1. The van der Waals surface area contributed by atoms with E-state index < -0.39 is 17.7 Å². The molecule has 2 aromatic rings. The third-order valence-corrected chi connectivity index (χ3v) is 4.08. The van der Waals surface area contributed by atoms with Crippen molar-refractivity contribution in [3.63, 3.8) is 0 Å². The molecule has 0 radical (unpaired) electrons. The Bertz CT molecular complexity index is 790. The normalized spacial score (nSPS) is 13.5. The number of carbonyl (C=O) groups excluding carboxylic acids is 1. The molecule has 0 saturated carbocycles. The van der Waals surface area contributed by atoms with Crippen LogP contribution in [-0.4, -0.2) is 42.2 Å². The van der Waals surface area contributed by atoms with Crippen LogP contribution in [0.3, 0.4) is 0 Å². The van der Waals surface area contributed by atoms with E-state index in [0.29, 0.717) is 19.0 Å². The molecule has 2 heterocycles. The van der Waals surface area contributed by atoms with Gasteiger partial charge >= 0.3 is 6.03 Å². The number of aromatic nitrogens is 2. The first-order chi connectivity index (χ1) is 13.0. The topological polar surface area (TPSA) is 82.2 Å². The van der Waals surface area contributed by atoms with Crippen LogP contribution in [0.15, 0.2) is 24.3 Å². The lowest BCUT2D eigenvalue weighted by Gasteiger charge is -2.17. The number of nitrogens with one attached hydrogen (secondary N) is 3. The van der Waals surface area contributed by atoms with Crippen molar-refractivity contribution in [2.45, 2.75) is 19.8 Å². The maximum atomic E-state index is 13.1. The number of nitrogens with zero attached hydrogens (tertiary/aromatic N) is 3. The van der Waals surface area contributed by atoms with Crippen molar-refractivity contribution in [3.05, 3.63) is 41.6 Å². The molecule has 0 aliphatic carbocycles. The predicted octanol–water partition coefficient (Wildman–Crippen LogP) is 2.90. The Hall–Kier alpha value is -2.97. The Morgan fingerprint density at radius 2 is 1.78 bits per heavy atom. The van der Waals surface area contributed by atoms with Crippen molar-refractivity contribution in [2.24, 2.45) is 0 Å². The fourth-order valence-electron chi connectivity index (χ4n) is 2.89. The Kier molecular flexibility index (Phi) is 6.00. The summed E-state index contributed by atoms with van der Waals surface area (Å²) in [5.41, 5.74) is 0.920. The molecular formula is C18H22F2N6O. The minimum Gasteiger partial charge on any atom is -0.356 e. The number of urea groups is 1. The van der Waals surface area contributed by atoms with E-state index in [0.717, 1.165) is 42.8 Å². The summed E-state index contributed by atoms with van der Waals surface area (Å²) in [4.78, 5) is 22.9. The quantitative estimate of drug-likeness (QED) is 0.676. The van der Waals surface area contributed by atoms with Crippen LogP contribution in [-0.2, 0) is 0 Å². The third kappa shape index (κ3) is 5.50. The Balaban J connectivity index is 1.46. The van der Waals surface area contributed by atoms with Crippen molar-refractivity contribution in [2.75, 3.05) is 41.7 Å². The van der Waals surface area contributed by atoms with E-state index in [2.05, 4.69) is 30.8 Å². The van der Waals surface area contributed by atoms with E-state index in [1.54, 1.807) is 0 Å². The van der Waals surface area contributed by atoms with Gasteiger partial charge in [0.25, 0.3) is 0 Å². The van der Waals surface area contributed by atoms with Gasteiger partial charge in [-0.05, 0) is 31.9 Å². The molecule has 144 valence electrons. The average Bonchev–Trinajstić information content (AvgIpc) is 3.12. The number of aryl methyl sites for hydroxylation is 1. The molecule has 27 heavy (non-hydrogen) atoms. The number of carbonyl (C=O) groups is 1. The Labute approximate surface area is 156 Å². The zero-order valence-electron chi connectivity index (χ0n) is 15.1. The second-order valence-corrected chi connectivity index (χ2v) is 6.35. The van der Waals surface area contributed by atoms with E-state index >= 15 is 0 Å². The highest BCUT2D eigenvalue weighted by Crippen LogP contribution is 2.19. The minimum absolute atomic E-state index is 0.0511. The number of benzene rings is 1. The van der Waals surface area contributed by atoms with E-state index in [9.17, 15) is 13.6 Å². The molecule has 7 nitrogen and oxygen atoms in total. The molecule has 2 amide bonds. The van der Waals surface area contributed by atoms with Gasteiger partial charge in [-0.2, -0.15) is 4.98 Å². The number of halogens is 2. The SMILES string of the molecule is Cc1cc(N2CCCC2)nc(NCCNC(=O)Nc2cc(F)cc(F)c2)n1. The molecule has 0 spiro atoms. The van der Waals surface area contributed by atoms with Gasteiger partial charge in [0.05, 0.1) is 0 Å². The van der Waals surface area contributed by atoms with Crippen LogP contribution < -0.4 is 20.9 Å². The van der Waals surface area contributed by atoms with Gasteiger partial charge in [0.2, 0.25) is 5.95 Å². The highest BCUT2D eigenvalue weighted by molar-refractivity contribution is 5.89. The van der Waals surface area contributed by atoms with Gasteiger partial charge in [-0.25, -0.2) is 18.6 Å². The summed E-state index contributed by atoms with van der Waals surface area (Å²) in [6.45, 7) is 4.61. The van der Waals surface area contributed by atoms with Gasteiger partial charge in [-0.3, -0.25) is 0 Å². The van der Waals surface area contributed by atoms with E-state index in [1.807, 2.05) is 13.0 Å². The van der Waals surface area contributed by atoms with Crippen LogP contribution in [0.4, 0.5) is 31.0 Å². The fourth-order valence-corrected chi connectivity index (χ4v) is 2.89. The highest BCUT2D eigenvalue weighted by Gasteiger charge is 2.15. The molecule has 1 aromatic carbocycles. The molecule has 0 bridgehead atoms. The number of hydrogen-bond acceptors (Lipinski definition) is 5. The second kappa shape index (κ2) is 8.61. The van der Waals surface area contributed by atoms with Gasteiger partial charge in [-0.1, -0.05) is 0 Å². The van der Waals surface area contributed by atoms with Gasteiger partial charge < -0.3 is 20.9 Å². The van der Waals surface area contributed by atoms with Crippen molar-refractivity contribution in [1.82, 2.24) is 15.3 Å². The molecule has 0 unspecified atom stereocenters. The molecule has 1 fully saturated rings. The lowest BCUT2D eigenvalue weighted by atomic mass is 10.3. The maximum absolute atomic E-state index is 13.1. The van der Waals surface area contributed by atoms with E-state index in [1.165, 1.54) is 12.8 Å². The molecule has 1 aliphatic rings. The number of anilines is 3. The van der Waals surface area contributed by atoms with Gasteiger partial charge in [0.15, 0.2) is 0 Å². The monoisotopic (exact) mass is 376 g/mol. The first-order valence-electron chi connectivity index (χ1n) is 8.85. The van der Waals surface area contributed by atoms with Crippen molar-refractivity contribution in [1.29, 1.82) is 0 Å². The molecule has 3 rings (SSSR count). The van der Waals surface area contributed by atoms with Gasteiger partial charge in [-0.15, -0.1) is 0 Å². The lowest BCUT2D eigenvalue weighted by Crippen LogP contribution is -2.33. The van der Waals surface area contributed by atoms with Crippen molar-refractivity contribution < 1.29 is 13.6 Å². The summed E-state index contributed by atoms with van der Waals surface area (Å²) in [6, 6.07) is 4.23. The van der Waals surface area contributed by atoms with E-state index in [-0.39, 0.29) is 5.69 Å². The van der Waals surface area contributed by atoms with Crippen LogP contribution in [0.1, 0.15) is 18.5 Å². The standard InChI is InChI=1S/C18H22F2N6O/c1-12-8-16(26-6-2-3-7-26)25-17(23-12)21-4-5-22-18(27)24-15-10-13(19)9-14(20)11-15/h8-11H,2-7H2,1H3,(H,21,23,25)(H2,22,24,27). The number of rotatable bonds is 6. The van der Waals surface area contributed by atoms with Crippen LogP contribution in [0.25, 0.3) is 0 Å². The smallest absolute Gasteiger partial charge is 0.319 e. The summed E-state index contributed by atoms with van der Waals surface area (Å²) in [6.07, 6.45) is 2.33. The minimum atomic E-state index is -0.752. The third-order valence-electron chi connectivity index (χ3n) is 4.08. The second-order valence-electron chi connectivity index (χ2n) is 6.35. The number of hydrogen-bond donors (Lipinski definition) is 3. The largest absolute Gasteiger partial charge is 0.356 e. The molecule has 3 N–H and O–H groups in total. The van der Waals surface area contributed by atoms with E-state index in [4.69, 9.17) is 0 Å². The van der Waals surface area contributed by atoms with Crippen LogP contribution >= 0.6 is 0 Å². The summed E-state index contributed by atoms with van der Waals surface area (Å²) in [5, 5.41) is 8.06. The average molecular weight is 376 g/mol. The molecule has 9 heteroatoms. The molecule has 1 aromatic heterocycles. The van der Waals surface area contributed by atoms with Crippen molar-refractivity contribution in [3.8, 4) is 0 Å². The molecule has 0 atom stereocenters.